The standard InChI is InChI=1S/C20H15Cl2N3O4S/c1-10-17(18-12-5-3-4-6-13(12)20(22)24-23-18)14-7-11(30(2,28)29)8-15(21)19(14)25(10)9-16(26)27/h3-8H,9H2,1-2H3,(H,26,27). The van der Waals surface area contributed by atoms with Gasteiger partial charge in [-0.25, -0.2) is 8.42 Å². The highest BCUT2D eigenvalue weighted by molar-refractivity contribution is 7.90. The van der Waals surface area contributed by atoms with Gasteiger partial charge in [0.2, 0.25) is 0 Å². The van der Waals surface area contributed by atoms with Crippen LogP contribution in [0.2, 0.25) is 10.2 Å². The first-order chi connectivity index (χ1) is 14.1. The van der Waals surface area contributed by atoms with Crippen LogP contribution in [0.1, 0.15) is 5.69 Å². The summed E-state index contributed by atoms with van der Waals surface area (Å²) in [6.07, 6.45) is 1.09. The van der Waals surface area contributed by atoms with Gasteiger partial charge in [0.25, 0.3) is 0 Å². The highest BCUT2D eigenvalue weighted by Crippen LogP contribution is 2.41. The Morgan fingerprint density at radius 2 is 1.77 bits per heavy atom. The quantitative estimate of drug-likeness (QED) is 0.482. The van der Waals surface area contributed by atoms with Gasteiger partial charge in [-0.15, -0.1) is 10.2 Å². The number of aliphatic carboxylic acids is 1. The molecule has 30 heavy (non-hydrogen) atoms. The van der Waals surface area contributed by atoms with E-state index in [9.17, 15) is 18.3 Å². The fourth-order valence-electron chi connectivity index (χ4n) is 3.64. The average molecular weight is 464 g/mol. The number of carboxylic acids is 1. The molecule has 0 aliphatic rings. The Morgan fingerprint density at radius 1 is 1.10 bits per heavy atom. The molecule has 0 radical (unpaired) electrons. The van der Waals surface area contributed by atoms with Crippen molar-refractivity contribution in [2.45, 2.75) is 18.4 Å². The number of fused-ring (bicyclic) bond motifs is 2. The second-order valence-electron chi connectivity index (χ2n) is 6.90. The van der Waals surface area contributed by atoms with Crippen LogP contribution in [0.3, 0.4) is 0 Å². The number of nitrogens with zero attached hydrogens (tertiary/aromatic N) is 3. The maximum atomic E-state index is 12.2. The summed E-state index contributed by atoms with van der Waals surface area (Å²) in [4.78, 5) is 11.5. The van der Waals surface area contributed by atoms with Crippen molar-refractivity contribution < 1.29 is 18.3 Å². The van der Waals surface area contributed by atoms with Crippen molar-refractivity contribution in [2.24, 2.45) is 0 Å². The first-order valence-corrected chi connectivity index (χ1v) is 11.4. The lowest BCUT2D eigenvalue weighted by Gasteiger charge is -2.08. The van der Waals surface area contributed by atoms with E-state index in [1.54, 1.807) is 13.0 Å². The monoisotopic (exact) mass is 463 g/mol. The van der Waals surface area contributed by atoms with E-state index >= 15 is 0 Å². The lowest BCUT2D eigenvalue weighted by Crippen LogP contribution is -2.10. The molecule has 2 aromatic carbocycles. The first kappa shape index (κ1) is 20.6. The van der Waals surface area contributed by atoms with Gasteiger partial charge in [0, 0.05) is 33.7 Å². The second kappa shape index (κ2) is 7.23. The van der Waals surface area contributed by atoms with E-state index in [-0.39, 0.29) is 21.6 Å². The van der Waals surface area contributed by atoms with Gasteiger partial charge in [0.05, 0.1) is 15.4 Å². The molecule has 0 atom stereocenters. The summed E-state index contributed by atoms with van der Waals surface area (Å²) in [5.41, 5.74) is 2.00. The van der Waals surface area contributed by atoms with Crippen molar-refractivity contribution in [1.82, 2.24) is 14.8 Å². The minimum absolute atomic E-state index is 0.0277. The van der Waals surface area contributed by atoms with Crippen molar-refractivity contribution in [2.75, 3.05) is 6.26 Å². The average Bonchev–Trinajstić information content (AvgIpc) is 2.93. The maximum Gasteiger partial charge on any atom is 0.323 e. The molecule has 10 heteroatoms. The van der Waals surface area contributed by atoms with E-state index < -0.39 is 15.8 Å². The van der Waals surface area contributed by atoms with Crippen molar-refractivity contribution in [3.63, 3.8) is 0 Å². The summed E-state index contributed by atoms with van der Waals surface area (Å²) in [5.74, 6) is -1.06. The minimum atomic E-state index is -3.56. The minimum Gasteiger partial charge on any atom is -0.480 e. The second-order valence-corrected chi connectivity index (χ2v) is 9.68. The molecule has 2 aromatic heterocycles. The van der Waals surface area contributed by atoms with Crippen LogP contribution in [0.15, 0.2) is 41.3 Å². The van der Waals surface area contributed by atoms with Gasteiger partial charge < -0.3 is 9.67 Å². The lowest BCUT2D eigenvalue weighted by atomic mass is 10.0. The number of benzene rings is 2. The van der Waals surface area contributed by atoms with E-state index in [1.807, 2.05) is 18.2 Å². The van der Waals surface area contributed by atoms with E-state index in [0.29, 0.717) is 38.6 Å². The normalized spacial score (nSPS) is 12.0. The summed E-state index contributed by atoms with van der Waals surface area (Å²) < 4.78 is 25.9. The zero-order chi connectivity index (χ0) is 21.8. The topological polar surface area (TPSA) is 102 Å². The van der Waals surface area contributed by atoms with Crippen LogP contribution in [0, 0.1) is 6.92 Å². The van der Waals surface area contributed by atoms with Crippen LogP contribution in [0.5, 0.6) is 0 Å². The summed E-state index contributed by atoms with van der Waals surface area (Å²) in [6.45, 7) is 1.39. The van der Waals surface area contributed by atoms with Gasteiger partial charge in [-0.2, -0.15) is 0 Å². The first-order valence-electron chi connectivity index (χ1n) is 8.75. The lowest BCUT2D eigenvalue weighted by molar-refractivity contribution is -0.137. The third kappa shape index (κ3) is 3.30. The highest BCUT2D eigenvalue weighted by atomic mass is 35.5. The van der Waals surface area contributed by atoms with Crippen LogP contribution < -0.4 is 0 Å². The summed E-state index contributed by atoms with van der Waals surface area (Å²) >= 11 is 12.6. The predicted molar refractivity (Wildman–Crippen MR) is 116 cm³/mol. The molecule has 1 N–H and O–H groups in total. The van der Waals surface area contributed by atoms with Gasteiger partial charge in [-0.05, 0) is 19.1 Å². The molecule has 0 saturated heterocycles. The number of carbonyl (C=O) groups is 1. The maximum absolute atomic E-state index is 12.2. The van der Waals surface area contributed by atoms with Crippen molar-refractivity contribution in [3.8, 4) is 11.3 Å². The Kier molecular flexibility index (Phi) is 4.96. The molecule has 0 saturated carbocycles. The zero-order valence-corrected chi connectivity index (χ0v) is 18.2. The largest absolute Gasteiger partial charge is 0.480 e. The number of hydrogen-bond acceptors (Lipinski definition) is 5. The fourth-order valence-corrected chi connectivity index (χ4v) is 4.89. The molecular weight excluding hydrogens is 449 g/mol. The molecule has 0 unspecified atom stereocenters. The SMILES string of the molecule is Cc1c(-c2nnc(Cl)c3ccccc23)c2cc(S(C)(=O)=O)cc(Cl)c2n1CC(=O)O. The number of sulfone groups is 1. The molecule has 0 amide bonds. The highest BCUT2D eigenvalue weighted by Gasteiger charge is 2.24. The smallest absolute Gasteiger partial charge is 0.323 e. The van der Waals surface area contributed by atoms with Gasteiger partial charge in [0.1, 0.15) is 12.2 Å². The van der Waals surface area contributed by atoms with Crippen LogP contribution in [-0.4, -0.2) is 40.5 Å². The summed E-state index contributed by atoms with van der Waals surface area (Å²) in [5, 5.41) is 19.9. The Balaban J connectivity index is 2.20. The van der Waals surface area contributed by atoms with Gasteiger partial charge in [0.15, 0.2) is 15.0 Å². The number of aromatic nitrogens is 3. The van der Waals surface area contributed by atoms with E-state index in [2.05, 4.69) is 10.2 Å². The summed E-state index contributed by atoms with van der Waals surface area (Å²) in [7, 11) is -3.56. The van der Waals surface area contributed by atoms with Crippen LogP contribution >= 0.6 is 23.2 Å². The van der Waals surface area contributed by atoms with Crippen LogP contribution in [0.25, 0.3) is 32.9 Å². The van der Waals surface area contributed by atoms with Gasteiger partial charge >= 0.3 is 5.97 Å². The molecule has 4 aromatic rings. The molecule has 0 aliphatic carbocycles. The molecule has 154 valence electrons. The number of rotatable bonds is 4. The van der Waals surface area contributed by atoms with E-state index in [1.165, 1.54) is 16.7 Å². The van der Waals surface area contributed by atoms with E-state index in [0.717, 1.165) is 6.26 Å². The predicted octanol–water partition coefficient (Wildman–Crippen LogP) is 4.35. The molecule has 4 rings (SSSR count). The molecule has 2 heterocycles. The Bertz CT molecular complexity index is 1460. The van der Waals surface area contributed by atoms with Crippen molar-refractivity contribution >= 4 is 60.7 Å². The van der Waals surface area contributed by atoms with Crippen LogP contribution in [-0.2, 0) is 21.2 Å². The Labute approximate surface area is 181 Å². The Hall–Kier alpha value is -2.68. The number of hydrogen-bond donors (Lipinski definition) is 1. The third-order valence-corrected chi connectivity index (χ3v) is 6.60. The summed E-state index contributed by atoms with van der Waals surface area (Å²) in [6, 6.07) is 10.1. The number of carboxylic acid groups (broad SMARTS) is 1. The molecule has 0 spiro atoms. The van der Waals surface area contributed by atoms with E-state index in [4.69, 9.17) is 23.2 Å². The molecular formula is C20H15Cl2N3O4S. The molecule has 0 aliphatic heterocycles. The Morgan fingerprint density at radius 3 is 2.40 bits per heavy atom. The molecule has 0 fully saturated rings. The number of halogens is 2. The zero-order valence-electron chi connectivity index (χ0n) is 15.8. The van der Waals surface area contributed by atoms with Gasteiger partial charge in [-0.3, -0.25) is 4.79 Å². The third-order valence-electron chi connectivity index (χ3n) is 4.94. The van der Waals surface area contributed by atoms with Gasteiger partial charge in [-0.1, -0.05) is 47.5 Å². The van der Waals surface area contributed by atoms with Crippen molar-refractivity contribution in [1.29, 1.82) is 0 Å². The van der Waals surface area contributed by atoms with Crippen LogP contribution in [0.4, 0.5) is 0 Å². The molecule has 7 nitrogen and oxygen atoms in total. The molecule has 0 bridgehead atoms. The van der Waals surface area contributed by atoms with Crippen molar-refractivity contribution in [3.05, 3.63) is 52.3 Å². The fraction of sp³-hybridized carbons (Fsp3) is 0.150.